The van der Waals surface area contributed by atoms with Crippen molar-refractivity contribution >= 4 is 0 Å². The van der Waals surface area contributed by atoms with Crippen LogP contribution in [0.5, 0.6) is 0 Å². The molecule has 0 atom stereocenters. The van der Waals surface area contributed by atoms with Crippen LogP contribution >= 0.6 is 0 Å². The van der Waals surface area contributed by atoms with E-state index >= 15 is 0 Å². The van der Waals surface area contributed by atoms with Gasteiger partial charge in [0, 0.05) is 33.4 Å². The van der Waals surface area contributed by atoms with Gasteiger partial charge in [-0.15, -0.1) is 0 Å². The standard InChI is InChI=1S/C48H40N4/c1-4-11-35(12-5-1)42-27-43(49-44(28-42)48-29-32-23-33(30-48)25-34(24-32)31-48)37-21-19-36(20-22-37)40-17-10-18-41(26-40)47-51-45(38-13-6-2-7-14-38)50-46(52-47)39-15-8-3-9-16-39/h1-22,26-28,32-34H,23-25,29-31H2. The molecule has 0 spiro atoms. The Hall–Kier alpha value is -5.74. The van der Waals surface area contributed by atoms with E-state index < -0.39 is 0 Å². The summed E-state index contributed by atoms with van der Waals surface area (Å²) >= 11 is 0. The van der Waals surface area contributed by atoms with Crippen molar-refractivity contribution in [2.75, 3.05) is 0 Å². The predicted molar refractivity (Wildman–Crippen MR) is 210 cm³/mol. The lowest BCUT2D eigenvalue weighted by Crippen LogP contribution is -2.49. The molecule has 4 nitrogen and oxygen atoms in total. The summed E-state index contributed by atoms with van der Waals surface area (Å²) in [6.45, 7) is 0. The molecule has 0 saturated heterocycles. The Labute approximate surface area is 305 Å². The molecule has 11 rings (SSSR count). The van der Waals surface area contributed by atoms with Crippen molar-refractivity contribution in [1.82, 2.24) is 19.9 Å². The van der Waals surface area contributed by atoms with Gasteiger partial charge in [0.25, 0.3) is 0 Å². The van der Waals surface area contributed by atoms with Crippen LogP contribution < -0.4 is 0 Å². The van der Waals surface area contributed by atoms with Gasteiger partial charge in [-0.05, 0) is 96.7 Å². The van der Waals surface area contributed by atoms with Crippen LogP contribution in [0.3, 0.4) is 0 Å². The Morgan fingerprint density at radius 3 is 1.35 bits per heavy atom. The Kier molecular flexibility index (Phi) is 7.63. The average Bonchev–Trinajstić information content (AvgIpc) is 3.21. The topological polar surface area (TPSA) is 51.6 Å². The van der Waals surface area contributed by atoms with Gasteiger partial charge in [0.15, 0.2) is 17.5 Å². The molecule has 4 bridgehead atoms. The second-order valence-electron chi connectivity index (χ2n) is 15.4. The van der Waals surface area contributed by atoms with E-state index in [1.165, 1.54) is 55.3 Å². The van der Waals surface area contributed by atoms with Crippen molar-refractivity contribution in [3.63, 3.8) is 0 Å². The highest BCUT2D eigenvalue weighted by Gasteiger charge is 2.52. The lowest BCUT2D eigenvalue weighted by Gasteiger charge is -2.56. The molecule has 0 amide bonds. The molecule has 4 fully saturated rings. The lowest BCUT2D eigenvalue weighted by atomic mass is 9.48. The number of hydrogen-bond acceptors (Lipinski definition) is 4. The quantitative estimate of drug-likeness (QED) is 0.169. The van der Waals surface area contributed by atoms with Crippen molar-refractivity contribution in [2.24, 2.45) is 17.8 Å². The molecule has 7 aromatic rings. The first-order valence-electron chi connectivity index (χ1n) is 18.8. The fourth-order valence-electron chi connectivity index (χ4n) is 9.78. The van der Waals surface area contributed by atoms with Crippen LogP contribution in [0.25, 0.3) is 67.7 Å². The van der Waals surface area contributed by atoms with Gasteiger partial charge < -0.3 is 0 Å². The first kappa shape index (κ1) is 31.0. The Morgan fingerprint density at radius 1 is 0.346 bits per heavy atom. The van der Waals surface area contributed by atoms with Crippen LogP contribution in [0.1, 0.15) is 44.2 Å². The predicted octanol–water partition coefficient (Wildman–Crippen LogP) is 11.7. The van der Waals surface area contributed by atoms with E-state index in [0.29, 0.717) is 17.5 Å². The van der Waals surface area contributed by atoms with Gasteiger partial charge in [-0.3, -0.25) is 4.98 Å². The van der Waals surface area contributed by atoms with Crippen molar-refractivity contribution in [1.29, 1.82) is 0 Å². The zero-order valence-electron chi connectivity index (χ0n) is 29.2. The first-order valence-corrected chi connectivity index (χ1v) is 18.8. The molecule has 2 heterocycles. The highest BCUT2D eigenvalue weighted by molar-refractivity contribution is 5.76. The summed E-state index contributed by atoms with van der Waals surface area (Å²) in [5.41, 5.74) is 11.4. The number of pyridine rings is 1. The molecule has 5 aromatic carbocycles. The van der Waals surface area contributed by atoms with Crippen molar-refractivity contribution < 1.29 is 0 Å². The molecule has 4 aliphatic rings. The molecular weight excluding hydrogens is 633 g/mol. The van der Waals surface area contributed by atoms with Crippen LogP contribution in [0.4, 0.5) is 0 Å². The van der Waals surface area contributed by atoms with Crippen LogP contribution in [-0.4, -0.2) is 19.9 Å². The van der Waals surface area contributed by atoms with Crippen molar-refractivity contribution in [3.05, 3.63) is 157 Å². The molecular formula is C48H40N4. The molecule has 4 aliphatic carbocycles. The number of rotatable bonds is 7. The maximum absolute atomic E-state index is 5.52. The minimum absolute atomic E-state index is 0.227. The molecule has 4 saturated carbocycles. The number of benzene rings is 5. The van der Waals surface area contributed by atoms with Crippen molar-refractivity contribution in [2.45, 2.75) is 43.9 Å². The molecule has 0 aliphatic heterocycles. The van der Waals surface area contributed by atoms with Gasteiger partial charge in [-0.25, -0.2) is 15.0 Å². The van der Waals surface area contributed by atoms with E-state index in [1.807, 2.05) is 60.7 Å². The minimum atomic E-state index is 0.227. The zero-order chi connectivity index (χ0) is 34.5. The van der Waals surface area contributed by atoms with E-state index in [1.54, 1.807) is 0 Å². The second kappa shape index (κ2) is 12.8. The first-order chi connectivity index (χ1) is 25.6. The third-order valence-electron chi connectivity index (χ3n) is 11.8. The third kappa shape index (κ3) is 5.82. The van der Waals surface area contributed by atoms with Crippen LogP contribution in [-0.2, 0) is 5.41 Å². The SMILES string of the molecule is c1ccc(-c2cc(-c3ccc(-c4cccc(-c5nc(-c6ccccc6)nc(-c6ccccc6)n5)c4)cc3)nc(C34CC5CC(CC(C5)C3)C4)c2)cc1. The summed E-state index contributed by atoms with van der Waals surface area (Å²) in [5.74, 6) is 4.61. The van der Waals surface area contributed by atoms with Gasteiger partial charge in [-0.2, -0.15) is 0 Å². The summed E-state index contributed by atoms with van der Waals surface area (Å²) in [5, 5.41) is 0. The maximum atomic E-state index is 5.52. The van der Waals surface area contributed by atoms with Crippen molar-refractivity contribution in [3.8, 4) is 67.7 Å². The van der Waals surface area contributed by atoms with Crippen LogP contribution in [0.2, 0.25) is 0 Å². The molecule has 0 radical (unpaired) electrons. The number of hydrogen-bond donors (Lipinski definition) is 0. The summed E-state index contributed by atoms with van der Waals surface area (Å²) in [6, 6.07) is 53.3. The smallest absolute Gasteiger partial charge is 0.164 e. The summed E-state index contributed by atoms with van der Waals surface area (Å²) < 4.78 is 0. The van der Waals surface area contributed by atoms with Crippen LogP contribution in [0, 0.1) is 17.8 Å². The van der Waals surface area contributed by atoms with E-state index in [0.717, 1.165) is 56.8 Å². The monoisotopic (exact) mass is 672 g/mol. The van der Waals surface area contributed by atoms with E-state index in [-0.39, 0.29) is 5.41 Å². The maximum Gasteiger partial charge on any atom is 0.164 e. The summed E-state index contributed by atoms with van der Waals surface area (Å²) in [4.78, 5) is 20.3. The summed E-state index contributed by atoms with van der Waals surface area (Å²) in [6.07, 6.45) is 8.22. The number of aromatic nitrogens is 4. The Bertz CT molecular complexity index is 2280. The highest BCUT2D eigenvalue weighted by Crippen LogP contribution is 2.60. The van der Waals surface area contributed by atoms with Gasteiger partial charge in [0.2, 0.25) is 0 Å². The van der Waals surface area contributed by atoms with Gasteiger partial charge >= 0.3 is 0 Å². The Balaban J connectivity index is 1.01. The van der Waals surface area contributed by atoms with Gasteiger partial charge in [-0.1, -0.05) is 133 Å². The minimum Gasteiger partial charge on any atom is -0.252 e. The average molecular weight is 673 g/mol. The van der Waals surface area contributed by atoms with E-state index in [4.69, 9.17) is 19.9 Å². The third-order valence-corrected chi connectivity index (χ3v) is 11.8. The normalized spacial score (nSPS) is 21.7. The van der Waals surface area contributed by atoms with Gasteiger partial charge in [0.05, 0.1) is 5.69 Å². The largest absolute Gasteiger partial charge is 0.252 e. The molecule has 0 N–H and O–H groups in total. The molecule has 2 aromatic heterocycles. The Morgan fingerprint density at radius 2 is 0.788 bits per heavy atom. The molecule has 252 valence electrons. The van der Waals surface area contributed by atoms with Gasteiger partial charge in [0.1, 0.15) is 0 Å². The number of nitrogens with zero attached hydrogens (tertiary/aromatic N) is 4. The van der Waals surface area contributed by atoms with E-state index in [9.17, 15) is 0 Å². The second-order valence-corrected chi connectivity index (χ2v) is 15.4. The van der Waals surface area contributed by atoms with E-state index in [2.05, 4.69) is 91.0 Å². The fraction of sp³-hybridized carbons (Fsp3) is 0.208. The zero-order valence-corrected chi connectivity index (χ0v) is 29.2. The fourth-order valence-corrected chi connectivity index (χ4v) is 9.78. The van der Waals surface area contributed by atoms with Crippen LogP contribution in [0.15, 0.2) is 152 Å². The molecule has 52 heavy (non-hydrogen) atoms. The lowest BCUT2D eigenvalue weighted by molar-refractivity contribution is -0.00712. The summed E-state index contributed by atoms with van der Waals surface area (Å²) in [7, 11) is 0. The molecule has 4 heteroatoms. The molecule has 0 unspecified atom stereocenters. The highest BCUT2D eigenvalue weighted by atomic mass is 15.0.